The van der Waals surface area contributed by atoms with Crippen molar-refractivity contribution in [1.29, 1.82) is 0 Å². The van der Waals surface area contributed by atoms with Gasteiger partial charge in [-0.3, -0.25) is 32.5 Å². The number of nitrogens with two attached hydrogens (primary N) is 2. The van der Waals surface area contributed by atoms with Gasteiger partial charge in [0.25, 0.3) is 5.56 Å². The molecule has 2 aliphatic rings. The van der Waals surface area contributed by atoms with Crippen molar-refractivity contribution < 1.29 is 57.5 Å². The maximum absolute atomic E-state index is 13.2. The Balaban J connectivity index is 1.21. The van der Waals surface area contributed by atoms with Crippen LogP contribution in [0.2, 0.25) is 0 Å². The lowest BCUT2D eigenvalue weighted by Crippen LogP contribution is -2.36. The quantitative estimate of drug-likeness (QED) is 0.0724. The molecule has 0 amide bonds. The summed E-state index contributed by atoms with van der Waals surface area (Å²) in [5.41, 5.74) is 10.9. The maximum Gasteiger partial charge on any atom is 0.472 e. The van der Waals surface area contributed by atoms with Crippen LogP contribution in [-0.2, 0) is 32.4 Å². The van der Waals surface area contributed by atoms with E-state index < -0.39 is 90.1 Å². The lowest BCUT2D eigenvalue weighted by molar-refractivity contribution is -0.0664. The number of nitrogens with one attached hydrogen (secondary N) is 1. The molecule has 0 aromatic carbocycles. The first kappa shape index (κ1) is 32.5. The van der Waals surface area contributed by atoms with E-state index in [9.17, 15) is 39.0 Å². The van der Waals surface area contributed by atoms with E-state index in [-0.39, 0.29) is 34.1 Å². The SMILES string of the molecule is Nc1nc2c(ncn2[C@@H]2O[C@H](CO)C(O)C2OP(=O)(O)OC[C@H]2O[C@@H](n3cnc4c(N)ncnc43)C(OC[PH](=O)O)[C@H]2O)c(=O)[nH]1. The Hall–Kier alpha value is -3.44. The molecule has 0 bridgehead atoms. The van der Waals surface area contributed by atoms with Crippen LogP contribution in [0.25, 0.3) is 22.3 Å². The van der Waals surface area contributed by atoms with Gasteiger partial charge in [-0.05, 0) is 0 Å². The number of aromatic amines is 1. The Morgan fingerprint density at radius 2 is 1.65 bits per heavy atom. The number of imidazole rings is 2. The molecule has 4 aromatic heterocycles. The van der Waals surface area contributed by atoms with Crippen molar-refractivity contribution in [3.8, 4) is 0 Å². The number of phosphoric acid groups is 1. The highest BCUT2D eigenvalue weighted by Gasteiger charge is 2.51. The van der Waals surface area contributed by atoms with Gasteiger partial charge in [0.15, 0.2) is 35.1 Å². The van der Waals surface area contributed by atoms with Gasteiger partial charge >= 0.3 is 7.82 Å². The first-order chi connectivity index (χ1) is 21.9. The van der Waals surface area contributed by atoms with Crippen molar-refractivity contribution >= 4 is 49.9 Å². The van der Waals surface area contributed by atoms with Gasteiger partial charge < -0.3 is 50.8 Å². The van der Waals surface area contributed by atoms with Crippen molar-refractivity contribution in [2.24, 2.45) is 0 Å². The molecule has 2 saturated heterocycles. The zero-order valence-corrected chi connectivity index (χ0v) is 25.1. The largest absolute Gasteiger partial charge is 0.472 e. The molecule has 5 unspecified atom stereocenters. The van der Waals surface area contributed by atoms with Crippen LogP contribution in [0.4, 0.5) is 11.8 Å². The Kier molecular flexibility index (Phi) is 8.93. The monoisotopic (exact) mass is 690 g/mol. The molecule has 6 rings (SSSR count). The van der Waals surface area contributed by atoms with E-state index in [2.05, 4.69) is 29.9 Å². The van der Waals surface area contributed by atoms with Crippen molar-refractivity contribution in [3.05, 3.63) is 29.3 Å². The van der Waals surface area contributed by atoms with Gasteiger partial charge in [-0.1, -0.05) is 0 Å². The third-order valence-electron chi connectivity index (χ3n) is 7.25. The zero-order valence-electron chi connectivity index (χ0n) is 23.2. The molecular weight excluding hydrogens is 662 g/mol. The van der Waals surface area contributed by atoms with Crippen molar-refractivity contribution in [2.45, 2.75) is 49.1 Å². The van der Waals surface area contributed by atoms with E-state index in [0.29, 0.717) is 0 Å². The lowest BCUT2D eigenvalue weighted by Gasteiger charge is -2.25. The lowest BCUT2D eigenvalue weighted by atomic mass is 10.1. The summed E-state index contributed by atoms with van der Waals surface area (Å²) < 4.78 is 54.4. The zero-order chi connectivity index (χ0) is 32.9. The van der Waals surface area contributed by atoms with Crippen LogP contribution in [0.15, 0.2) is 23.8 Å². The van der Waals surface area contributed by atoms with E-state index in [1.165, 1.54) is 10.9 Å². The van der Waals surface area contributed by atoms with Crippen molar-refractivity contribution in [3.63, 3.8) is 0 Å². The molecule has 0 radical (unpaired) electrons. The number of H-pyrrole nitrogens is 1. The average Bonchev–Trinajstić information content (AvgIpc) is 3.76. The predicted octanol–water partition coefficient (Wildman–Crippen LogP) is -3.06. The molecule has 25 heteroatoms. The van der Waals surface area contributed by atoms with Crippen LogP contribution in [0, 0.1) is 0 Å². The Labute approximate surface area is 256 Å². The van der Waals surface area contributed by atoms with Crippen LogP contribution in [-0.4, -0.2) is 120 Å². The molecule has 250 valence electrons. The van der Waals surface area contributed by atoms with Gasteiger partial charge in [0, 0.05) is 0 Å². The number of aliphatic hydroxyl groups is 3. The van der Waals surface area contributed by atoms with Gasteiger partial charge in [0.2, 0.25) is 14.0 Å². The summed E-state index contributed by atoms with van der Waals surface area (Å²) in [4.78, 5) is 54.5. The fourth-order valence-corrected chi connectivity index (χ4v) is 6.44. The van der Waals surface area contributed by atoms with Crippen molar-refractivity contribution in [2.75, 3.05) is 31.0 Å². The number of ether oxygens (including phenoxy) is 3. The number of anilines is 2. The molecule has 0 saturated carbocycles. The number of phosphoric ester groups is 1. The third kappa shape index (κ3) is 6.03. The van der Waals surface area contributed by atoms with Crippen LogP contribution < -0.4 is 17.0 Å². The molecule has 0 aliphatic carbocycles. The van der Waals surface area contributed by atoms with E-state index in [1.807, 2.05) is 0 Å². The normalized spacial score (nSPS) is 30.3. The summed E-state index contributed by atoms with van der Waals surface area (Å²) in [6.45, 7) is -1.51. The summed E-state index contributed by atoms with van der Waals surface area (Å²) in [7, 11) is -8.27. The number of aliphatic hydroxyl groups excluding tert-OH is 3. The first-order valence-corrected chi connectivity index (χ1v) is 16.4. The highest BCUT2D eigenvalue weighted by Crippen LogP contribution is 2.50. The molecule has 0 spiro atoms. The fraction of sp³-hybridized carbons (Fsp3) is 0.524. The summed E-state index contributed by atoms with van der Waals surface area (Å²) in [6, 6.07) is 0. The molecule has 4 aromatic rings. The molecule has 2 aliphatic heterocycles. The molecule has 10 atom stereocenters. The second kappa shape index (κ2) is 12.6. The number of rotatable bonds is 11. The molecule has 10 N–H and O–H groups in total. The molecule has 23 nitrogen and oxygen atoms in total. The summed E-state index contributed by atoms with van der Waals surface area (Å²) >= 11 is 0. The standard InChI is InChI=1S/C21H28N10O13P2/c22-15-9-16(25-3-24-15)30(4-26-9)19-13(40-6-45(36)37)12(34)8(43-19)2-41-46(38,39)44-14-11(33)7(1-32)42-20(14)31-5-27-10-17(31)28-21(23)29-18(10)35/h3-5,7-8,11-14,19-20,32-34,45H,1-2,6H2,(H,36,37)(H,38,39)(H2,22,24,25)(H3,23,28,29,35)/t7-,8-,11?,12+,13?,14?,19-,20-/m1/s1. The highest BCUT2D eigenvalue weighted by molar-refractivity contribution is 7.47. The molecule has 2 fully saturated rings. The van der Waals surface area contributed by atoms with E-state index in [0.717, 1.165) is 17.2 Å². The van der Waals surface area contributed by atoms with E-state index >= 15 is 0 Å². The van der Waals surface area contributed by atoms with Gasteiger partial charge in [0.05, 0.1) is 25.9 Å². The van der Waals surface area contributed by atoms with Gasteiger partial charge in [-0.25, -0.2) is 24.5 Å². The van der Waals surface area contributed by atoms with E-state index in [1.54, 1.807) is 0 Å². The Morgan fingerprint density at radius 1 is 1.00 bits per heavy atom. The summed E-state index contributed by atoms with van der Waals surface area (Å²) in [6.07, 6.45) is -8.71. The third-order valence-corrected chi connectivity index (χ3v) is 8.65. The topological polar surface area (TPSA) is 341 Å². The maximum atomic E-state index is 13.2. The number of hydrogen-bond acceptors (Lipinski definition) is 18. The van der Waals surface area contributed by atoms with Crippen LogP contribution in [0.5, 0.6) is 0 Å². The van der Waals surface area contributed by atoms with Crippen LogP contribution in [0.3, 0.4) is 0 Å². The predicted molar refractivity (Wildman–Crippen MR) is 151 cm³/mol. The average molecular weight is 690 g/mol. The number of hydrogen-bond donors (Lipinski definition) is 8. The Bertz CT molecular complexity index is 1870. The minimum Gasteiger partial charge on any atom is -0.394 e. The van der Waals surface area contributed by atoms with Crippen LogP contribution >= 0.6 is 15.9 Å². The van der Waals surface area contributed by atoms with Gasteiger partial charge in [0.1, 0.15) is 54.8 Å². The smallest absolute Gasteiger partial charge is 0.394 e. The number of nitrogen functional groups attached to an aromatic ring is 2. The molecule has 6 heterocycles. The van der Waals surface area contributed by atoms with Gasteiger partial charge in [-0.15, -0.1) is 0 Å². The fourth-order valence-electron chi connectivity index (χ4n) is 5.17. The minimum absolute atomic E-state index is 0.0491. The number of fused-ring (bicyclic) bond motifs is 2. The minimum atomic E-state index is -5.13. The first-order valence-electron chi connectivity index (χ1n) is 13.3. The summed E-state index contributed by atoms with van der Waals surface area (Å²) in [5, 5.41) is 31.5. The second-order valence-corrected chi connectivity index (χ2v) is 12.6. The van der Waals surface area contributed by atoms with Gasteiger partial charge in [-0.2, -0.15) is 4.98 Å². The number of nitrogens with zero attached hydrogens (tertiary/aromatic N) is 7. The second-order valence-electron chi connectivity index (χ2n) is 10.2. The molecule has 46 heavy (non-hydrogen) atoms. The van der Waals surface area contributed by atoms with Crippen LogP contribution in [0.1, 0.15) is 12.5 Å². The summed E-state index contributed by atoms with van der Waals surface area (Å²) in [5.74, 6) is -0.222. The molecular formula is C21H28N10O13P2. The highest BCUT2D eigenvalue weighted by atomic mass is 31.2. The number of aromatic nitrogens is 8. The van der Waals surface area contributed by atoms with E-state index in [4.69, 9.17) is 34.7 Å². The Morgan fingerprint density at radius 3 is 2.37 bits per heavy atom. The van der Waals surface area contributed by atoms with Crippen molar-refractivity contribution in [1.82, 2.24) is 39.0 Å².